The minimum absolute atomic E-state index is 0.203. The van der Waals surface area contributed by atoms with Crippen LogP contribution < -0.4 is 10.6 Å². The molecule has 2 unspecified atom stereocenters. The second kappa shape index (κ2) is 4.34. The fraction of sp³-hybridized carbons (Fsp3) is 0.769. The fourth-order valence-electron chi connectivity index (χ4n) is 3.70. The zero-order chi connectivity index (χ0) is 13.9. The van der Waals surface area contributed by atoms with E-state index in [0.29, 0.717) is 4.90 Å². The van der Waals surface area contributed by atoms with Crippen LogP contribution in [0.2, 0.25) is 0 Å². The first-order valence-corrected chi connectivity index (χ1v) is 9.63. The highest BCUT2D eigenvalue weighted by molar-refractivity contribution is 7.92. The normalized spacial score (nSPS) is 29.9. The number of fused-ring (bicyclic) bond motifs is 1. The lowest BCUT2D eigenvalue weighted by Crippen LogP contribution is -2.22. The van der Waals surface area contributed by atoms with E-state index in [9.17, 15) is 8.42 Å². The molecule has 0 amide bonds. The van der Waals surface area contributed by atoms with Gasteiger partial charge in [-0.15, -0.1) is 0 Å². The molecule has 2 N–H and O–H groups in total. The van der Waals surface area contributed by atoms with E-state index in [1.54, 1.807) is 0 Å². The first kappa shape index (κ1) is 12.9. The van der Waals surface area contributed by atoms with Crippen LogP contribution in [0.1, 0.15) is 32.1 Å². The number of nitrogen functional groups attached to an aromatic ring is 1. The summed E-state index contributed by atoms with van der Waals surface area (Å²) < 4.78 is 29.3. The smallest absolute Gasteiger partial charge is 0.187 e. The van der Waals surface area contributed by atoms with Gasteiger partial charge in [-0.3, -0.25) is 0 Å². The van der Waals surface area contributed by atoms with Crippen molar-refractivity contribution in [3.05, 3.63) is 0 Å². The van der Waals surface area contributed by atoms with Crippen LogP contribution in [0.5, 0.6) is 0 Å². The van der Waals surface area contributed by atoms with Crippen LogP contribution in [0.15, 0.2) is 4.90 Å². The summed E-state index contributed by atoms with van der Waals surface area (Å²) in [6.07, 6.45) is 5.41. The molecule has 1 aliphatic heterocycles. The van der Waals surface area contributed by atoms with Crippen molar-refractivity contribution in [2.75, 3.05) is 23.7 Å². The zero-order valence-electron chi connectivity index (χ0n) is 11.3. The van der Waals surface area contributed by atoms with Gasteiger partial charge in [0.1, 0.15) is 9.90 Å². The summed E-state index contributed by atoms with van der Waals surface area (Å²) in [6.45, 7) is 1.94. The van der Waals surface area contributed by atoms with Crippen molar-refractivity contribution < 1.29 is 8.42 Å². The summed E-state index contributed by atoms with van der Waals surface area (Å²) in [5, 5.41) is 0.575. The van der Waals surface area contributed by atoms with Gasteiger partial charge >= 0.3 is 0 Å². The van der Waals surface area contributed by atoms with Gasteiger partial charge in [0.15, 0.2) is 15.7 Å². The monoisotopic (exact) mass is 313 g/mol. The molecule has 3 aliphatic rings. The molecule has 110 valence electrons. The van der Waals surface area contributed by atoms with Crippen LogP contribution in [-0.4, -0.2) is 31.1 Å². The van der Waals surface area contributed by atoms with Crippen molar-refractivity contribution in [2.24, 2.45) is 11.8 Å². The molecule has 1 saturated heterocycles. The van der Waals surface area contributed by atoms with Crippen molar-refractivity contribution in [3.8, 4) is 0 Å². The Bertz CT molecular complexity index is 624. The van der Waals surface area contributed by atoms with Gasteiger partial charge in [0.05, 0.1) is 5.25 Å². The van der Waals surface area contributed by atoms with Crippen LogP contribution >= 0.6 is 11.5 Å². The predicted molar refractivity (Wildman–Crippen MR) is 79.8 cm³/mol. The Morgan fingerprint density at radius 3 is 2.40 bits per heavy atom. The number of nitrogens with two attached hydrogens (primary N) is 1. The lowest BCUT2D eigenvalue weighted by Gasteiger charge is -2.18. The lowest BCUT2D eigenvalue weighted by molar-refractivity contribution is 0.494. The summed E-state index contributed by atoms with van der Waals surface area (Å²) in [5.74, 6) is 1.67. The second-order valence-corrected chi connectivity index (χ2v) is 9.22. The van der Waals surface area contributed by atoms with Gasteiger partial charge < -0.3 is 10.6 Å². The number of nitrogens with zero attached hydrogens (tertiary/aromatic N) is 2. The first-order valence-electron chi connectivity index (χ1n) is 7.31. The average molecular weight is 313 g/mol. The molecule has 5 nitrogen and oxygen atoms in total. The predicted octanol–water partition coefficient (Wildman–Crippen LogP) is 1.90. The van der Waals surface area contributed by atoms with Gasteiger partial charge in [-0.25, -0.2) is 8.42 Å². The molecule has 3 fully saturated rings. The number of sulfone groups is 1. The molecule has 0 radical (unpaired) electrons. The Labute approximate surface area is 123 Å². The number of aromatic nitrogens is 1. The Balaban J connectivity index is 1.69. The van der Waals surface area contributed by atoms with Crippen LogP contribution in [-0.2, 0) is 9.84 Å². The lowest BCUT2D eigenvalue weighted by atomic mass is 10.0. The fourth-order valence-corrected chi connectivity index (χ4v) is 6.75. The molecule has 2 saturated carbocycles. The maximum atomic E-state index is 12.6. The third-order valence-electron chi connectivity index (χ3n) is 4.92. The molecule has 2 heterocycles. The molecule has 7 heteroatoms. The van der Waals surface area contributed by atoms with E-state index in [4.69, 9.17) is 5.73 Å². The number of hydrogen-bond acceptors (Lipinski definition) is 6. The quantitative estimate of drug-likeness (QED) is 0.922. The Kier molecular flexibility index (Phi) is 2.79. The van der Waals surface area contributed by atoms with Crippen molar-refractivity contribution >= 4 is 32.2 Å². The third-order valence-corrected chi connectivity index (χ3v) is 8.29. The van der Waals surface area contributed by atoms with Crippen molar-refractivity contribution in [1.29, 1.82) is 0 Å². The SMILES string of the molecule is Nc1nsc(N2CC3CCCC3C2)c1S(=O)(=O)C1CC1. The standard InChI is InChI=1S/C13H19N3O2S2/c14-12-11(20(17,18)10-4-5-10)13(19-15-12)16-6-8-2-1-3-9(8)7-16/h8-10H,1-7H2,(H2,14,15). The van der Waals surface area contributed by atoms with Gasteiger partial charge in [-0.1, -0.05) is 6.42 Å². The van der Waals surface area contributed by atoms with E-state index in [0.717, 1.165) is 42.8 Å². The molecule has 0 bridgehead atoms. The van der Waals surface area contributed by atoms with Crippen molar-refractivity contribution in [3.63, 3.8) is 0 Å². The summed E-state index contributed by atoms with van der Waals surface area (Å²) in [5.41, 5.74) is 5.87. The molecule has 2 aliphatic carbocycles. The Hall–Kier alpha value is -0.820. The largest absolute Gasteiger partial charge is 0.382 e. The molecule has 4 rings (SSSR count). The summed E-state index contributed by atoms with van der Waals surface area (Å²) in [4.78, 5) is 2.54. The van der Waals surface area contributed by atoms with Crippen LogP contribution in [0, 0.1) is 11.8 Å². The Morgan fingerprint density at radius 2 is 1.80 bits per heavy atom. The minimum Gasteiger partial charge on any atom is -0.382 e. The average Bonchev–Trinajstić information content (AvgIpc) is 2.87. The number of anilines is 2. The summed E-state index contributed by atoms with van der Waals surface area (Å²) >= 11 is 1.26. The molecular weight excluding hydrogens is 294 g/mol. The van der Waals surface area contributed by atoms with Crippen LogP contribution in [0.4, 0.5) is 10.8 Å². The molecule has 1 aromatic rings. The molecule has 1 aromatic heterocycles. The van der Waals surface area contributed by atoms with E-state index in [-0.39, 0.29) is 11.1 Å². The van der Waals surface area contributed by atoms with E-state index in [1.807, 2.05) is 0 Å². The molecule has 0 spiro atoms. The molecule has 2 atom stereocenters. The molecular formula is C13H19N3O2S2. The van der Waals surface area contributed by atoms with Gasteiger partial charge in [0.25, 0.3) is 0 Å². The molecule has 0 aromatic carbocycles. The highest BCUT2D eigenvalue weighted by atomic mass is 32.2. The van der Waals surface area contributed by atoms with Crippen molar-refractivity contribution in [2.45, 2.75) is 42.2 Å². The zero-order valence-corrected chi connectivity index (χ0v) is 12.9. The number of hydrogen-bond donors (Lipinski definition) is 1. The van der Waals surface area contributed by atoms with Gasteiger partial charge in [0.2, 0.25) is 0 Å². The van der Waals surface area contributed by atoms with Gasteiger partial charge in [-0.2, -0.15) is 4.37 Å². The van der Waals surface area contributed by atoms with E-state index < -0.39 is 9.84 Å². The maximum Gasteiger partial charge on any atom is 0.187 e. The topological polar surface area (TPSA) is 76.3 Å². The highest BCUT2D eigenvalue weighted by Gasteiger charge is 2.44. The summed E-state index contributed by atoms with van der Waals surface area (Å²) in [6, 6.07) is 0. The van der Waals surface area contributed by atoms with E-state index in [1.165, 1.54) is 30.8 Å². The maximum absolute atomic E-state index is 12.6. The van der Waals surface area contributed by atoms with E-state index in [2.05, 4.69) is 9.27 Å². The minimum atomic E-state index is -3.26. The van der Waals surface area contributed by atoms with Crippen LogP contribution in [0.3, 0.4) is 0 Å². The molecule has 20 heavy (non-hydrogen) atoms. The number of rotatable bonds is 3. The Morgan fingerprint density at radius 1 is 1.15 bits per heavy atom. The second-order valence-electron chi connectivity index (χ2n) is 6.30. The summed E-state index contributed by atoms with van der Waals surface area (Å²) in [7, 11) is -3.26. The van der Waals surface area contributed by atoms with Crippen molar-refractivity contribution in [1.82, 2.24) is 4.37 Å². The first-order chi connectivity index (χ1) is 9.57. The van der Waals surface area contributed by atoms with Gasteiger partial charge in [-0.05, 0) is 49.1 Å². The van der Waals surface area contributed by atoms with Gasteiger partial charge in [0, 0.05) is 13.1 Å². The highest BCUT2D eigenvalue weighted by Crippen LogP contribution is 2.46. The van der Waals surface area contributed by atoms with Crippen LogP contribution in [0.25, 0.3) is 0 Å². The van der Waals surface area contributed by atoms with E-state index >= 15 is 0 Å². The third kappa shape index (κ3) is 1.86.